The van der Waals surface area contributed by atoms with Gasteiger partial charge in [0.25, 0.3) is 0 Å². The summed E-state index contributed by atoms with van der Waals surface area (Å²) in [5.74, 6) is 0. The molecule has 0 aromatic rings. The lowest BCUT2D eigenvalue weighted by Crippen LogP contribution is -2.36. The van der Waals surface area contributed by atoms with Crippen LogP contribution in [0.2, 0.25) is 0 Å². The van der Waals surface area contributed by atoms with Crippen molar-refractivity contribution in [1.82, 2.24) is 4.90 Å². The van der Waals surface area contributed by atoms with Gasteiger partial charge in [-0.25, -0.2) is 0 Å². The Labute approximate surface area is 82.9 Å². The van der Waals surface area contributed by atoms with E-state index in [-0.39, 0.29) is 0 Å². The van der Waals surface area contributed by atoms with Crippen molar-refractivity contribution in [3.8, 4) is 0 Å². The van der Waals surface area contributed by atoms with Gasteiger partial charge in [-0.05, 0) is 33.9 Å². The smallest absolute Gasteiger partial charge is 0.0718 e. The minimum absolute atomic E-state index is 0.556. The maximum absolute atomic E-state index is 9.55. The molecule has 0 aliphatic carbocycles. The zero-order chi connectivity index (χ0) is 10.3. The van der Waals surface area contributed by atoms with Crippen LogP contribution in [0.4, 0.5) is 0 Å². The summed E-state index contributed by atoms with van der Waals surface area (Å²) in [5.41, 5.74) is -0.556. The van der Waals surface area contributed by atoms with Gasteiger partial charge in [0.05, 0.1) is 5.60 Å². The predicted molar refractivity (Wildman–Crippen MR) is 57.9 cm³/mol. The minimum Gasteiger partial charge on any atom is -0.389 e. The van der Waals surface area contributed by atoms with Crippen molar-refractivity contribution < 1.29 is 5.11 Å². The van der Waals surface area contributed by atoms with Crippen molar-refractivity contribution in [2.45, 2.75) is 52.1 Å². The summed E-state index contributed by atoms with van der Waals surface area (Å²) in [6, 6.07) is 0. The van der Waals surface area contributed by atoms with Crippen molar-refractivity contribution in [1.29, 1.82) is 0 Å². The zero-order valence-corrected chi connectivity index (χ0v) is 9.64. The monoisotopic (exact) mass is 187 g/mol. The first kappa shape index (κ1) is 12.9. The van der Waals surface area contributed by atoms with Crippen molar-refractivity contribution in [3.63, 3.8) is 0 Å². The number of unbranched alkanes of at least 4 members (excludes halogenated alkanes) is 3. The molecule has 0 heterocycles. The van der Waals surface area contributed by atoms with Crippen LogP contribution in [0.15, 0.2) is 0 Å². The molecule has 13 heavy (non-hydrogen) atoms. The highest BCUT2D eigenvalue weighted by atomic mass is 16.3. The second kappa shape index (κ2) is 6.39. The van der Waals surface area contributed by atoms with E-state index in [0.29, 0.717) is 0 Å². The lowest BCUT2D eigenvalue weighted by atomic mass is 10.1. The predicted octanol–water partition coefficient (Wildman–Crippen LogP) is 2.27. The Kier molecular flexibility index (Phi) is 6.35. The standard InChI is InChI=1S/C11H25NO/c1-5-6-7-8-9-12(4)10-11(2,3)13/h13H,5-10H2,1-4H3. The van der Waals surface area contributed by atoms with Crippen LogP contribution < -0.4 is 0 Å². The largest absolute Gasteiger partial charge is 0.389 e. The van der Waals surface area contributed by atoms with Crippen molar-refractivity contribution in [2.75, 3.05) is 20.1 Å². The molecule has 0 fully saturated rings. The summed E-state index contributed by atoms with van der Waals surface area (Å²) in [5, 5.41) is 9.55. The highest BCUT2D eigenvalue weighted by Gasteiger charge is 2.14. The molecule has 0 saturated heterocycles. The molecule has 0 aromatic heterocycles. The van der Waals surface area contributed by atoms with Gasteiger partial charge in [-0.1, -0.05) is 26.2 Å². The summed E-state index contributed by atoms with van der Waals surface area (Å²) in [6.07, 6.45) is 5.18. The van der Waals surface area contributed by atoms with E-state index in [1.807, 2.05) is 13.8 Å². The minimum atomic E-state index is -0.556. The first-order chi connectivity index (χ1) is 5.95. The quantitative estimate of drug-likeness (QED) is 0.618. The molecule has 0 bridgehead atoms. The maximum atomic E-state index is 9.55. The first-order valence-electron chi connectivity index (χ1n) is 5.36. The fourth-order valence-electron chi connectivity index (χ4n) is 1.55. The summed E-state index contributed by atoms with van der Waals surface area (Å²) in [6.45, 7) is 7.80. The van der Waals surface area contributed by atoms with Crippen LogP contribution >= 0.6 is 0 Å². The number of hydrogen-bond donors (Lipinski definition) is 1. The van der Waals surface area contributed by atoms with E-state index in [1.165, 1.54) is 25.7 Å². The molecule has 0 rings (SSSR count). The number of hydrogen-bond acceptors (Lipinski definition) is 2. The molecule has 0 unspecified atom stereocenters. The highest BCUT2D eigenvalue weighted by Crippen LogP contribution is 2.05. The lowest BCUT2D eigenvalue weighted by Gasteiger charge is -2.25. The summed E-state index contributed by atoms with van der Waals surface area (Å²) < 4.78 is 0. The van der Waals surface area contributed by atoms with E-state index in [1.54, 1.807) is 0 Å². The first-order valence-corrected chi connectivity index (χ1v) is 5.36. The molecule has 0 aliphatic rings. The van der Waals surface area contributed by atoms with Crippen molar-refractivity contribution in [2.24, 2.45) is 0 Å². The third-order valence-corrected chi connectivity index (χ3v) is 2.05. The fourth-order valence-corrected chi connectivity index (χ4v) is 1.55. The van der Waals surface area contributed by atoms with Gasteiger partial charge in [0.15, 0.2) is 0 Å². The molecule has 0 aliphatic heterocycles. The Morgan fingerprint density at radius 2 is 1.77 bits per heavy atom. The van der Waals surface area contributed by atoms with E-state index in [9.17, 15) is 5.11 Å². The Hall–Kier alpha value is -0.0800. The van der Waals surface area contributed by atoms with Crippen LogP contribution in [-0.4, -0.2) is 35.7 Å². The van der Waals surface area contributed by atoms with E-state index < -0.39 is 5.60 Å². The van der Waals surface area contributed by atoms with Crippen LogP contribution in [-0.2, 0) is 0 Å². The number of likely N-dealkylation sites (N-methyl/N-ethyl adjacent to an activating group) is 1. The second-order valence-corrected chi connectivity index (χ2v) is 4.61. The van der Waals surface area contributed by atoms with Gasteiger partial charge >= 0.3 is 0 Å². The molecule has 0 radical (unpaired) electrons. The molecule has 0 aromatic carbocycles. The van der Waals surface area contributed by atoms with Crippen LogP contribution in [0.1, 0.15) is 46.5 Å². The highest BCUT2D eigenvalue weighted by molar-refractivity contribution is 4.69. The molecule has 2 heteroatoms. The van der Waals surface area contributed by atoms with Gasteiger partial charge < -0.3 is 10.0 Å². The lowest BCUT2D eigenvalue weighted by molar-refractivity contribution is 0.0442. The van der Waals surface area contributed by atoms with Gasteiger partial charge in [-0.3, -0.25) is 0 Å². The molecule has 0 atom stereocenters. The molecule has 2 nitrogen and oxygen atoms in total. The zero-order valence-electron chi connectivity index (χ0n) is 9.64. The SMILES string of the molecule is CCCCCCN(C)CC(C)(C)O. The topological polar surface area (TPSA) is 23.5 Å². The van der Waals surface area contributed by atoms with E-state index in [0.717, 1.165) is 13.1 Å². The average molecular weight is 187 g/mol. The Balaban J connectivity index is 3.35. The second-order valence-electron chi connectivity index (χ2n) is 4.61. The van der Waals surface area contributed by atoms with Crippen LogP contribution in [0.5, 0.6) is 0 Å². The van der Waals surface area contributed by atoms with Gasteiger partial charge in [0.2, 0.25) is 0 Å². The number of aliphatic hydroxyl groups is 1. The van der Waals surface area contributed by atoms with Crippen LogP contribution in [0, 0.1) is 0 Å². The molecule has 0 spiro atoms. The van der Waals surface area contributed by atoms with Crippen LogP contribution in [0.3, 0.4) is 0 Å². The number of rotatable bonds is 7. The van der Waals surface area contributed by atoms with Crippen molar-refractivity contribution in [3.05, 3.63) is 0 Å². The molecule has 80 valence electrons. The van der Waals surface area contributed by atoms with Crippen molar-refractivity contribution >= 4 is 0 Å². The Morgan fingerprint density at radius 3 is 2.23 bits per heavy atom. The fraction of sp³-hybridized carbons (Fsp3) is 1.00. The Bertz CT molecular complexity index is 118. The molecule has 0 saturated carbocycles. The summed E-state index contributed by atoms with van der Waals surface area (Å²) in [4.78, 5) is 2.20. The third kappa shape index (κ3) is 9.84. The normalized spacial score (nSPS) is 12.5. The molecule has 0 amide bonds. The van der Waals surface area contributed by atoms with Crippen LogP contribution in [0.25, 0.3) is 0 Å². The van der Waals surface area contributed by atoms with E-state index in [4.69, 9.17) is 0 Å². The Morgan fingerprint density at radius 1 is 1.15 bits per heavy atom. The molecule has 1 N–H and O–H groups in total. The summed E-state index contributed by atoms with van der Waals surface area (Å²) in [7, 11) is 2.07. The number of nitrogens with zero attached hydrogens (tertiary/aromatic N) is 1. The van der Waals surface area contributed by atoms with Gasteiger partial charge in [-0.2, -0.15) is 0 Å². The average Bonchev–Trinajstić information content (AvgIpc) is 1.94. The van der Waals surface area contributed by atoms with Gasteiger partial charge in [-0.15, -0.1) is 0 Å². The van der Waals surface area contributed by atoms with E-state index >= 15 is 0 Å². The van der Waals surface area contributed by atoms with E-state index in [2.05, 4.69) is 18.9 Å². The van der Waals surface area contributed by atoms with Gasteiger partial charge in [0.1, 0.15) is 0 Å². The van der Waals surface area contributed by atoms with Gasteiger partial charge in [0, 0.05) is 6.54 Å². The molecular weight excluding hydrogens is 162 g/mol. The molecular formula is C11H25NO. The summed E-state index contributed by atoms with van der Waals surface area (Å²) >= 11 is 0. The third-order valence-electron chi connectivity index (χ3n) is 2.05. The maximum Gasteiger partial charge on any atom is 0.0718 e.